The van der Waals surface area contributed by atoms with Crippen LogP contribution in [0, 0.1) is 0 Å². The second-order valence-corrected chi connectivity index (χ2v) is 15.7. The molecule has 11 aromatic rings. The summed E-state index contributed by atoms with van der Waals surface area (Å²) in [6, 6.07) is 92.0. The zero-order valence-corrected chi connectivity index (χ0v) is 34.1. The summed E-state index contributed by atoms with van der Waals surface area (Å²) in [5.41, 5.74) is 18.7. The Morgan fingerprint density at radius 2 is 0.661 bits per heavy atom. The van der Waals surface area contributed by atoms with Crippen molar-refractivity contribution < 1.29 is 0 Å². The first-order valence-corrected chi connectivity index (χ1v) is 21.3. The summed E-state index contributed by atoms with van der Waals surface area (Å²) in [7, 11) is 0. The highest BCUT2D eigenvalue weighted by molar-refractivity contribution is 6.20. The van der Waals surface area contributed by atoms with Gasteiger partial charge in [0.15, 0.2) is 0 Å². The van der Waals surface area contributed by atoms with Crippen molar-refractivity contribution in [1.82, 2.24) is 4.57 Å². The second kappa shape index (κ2) is 16.1. The van der Waals surface area contributed by atoms with E-state index in [9.17, 15) is 0 Å². The van der Waals surface area contributed by atoms with Crippen LogP contribution >= 0.6 is 0 Å². The number of para-hydroxylation sites is 2. The predicted octanol–water partition coefficient (Wildman–Crippen LogP) is 16.6. The van der Waals surface area contributed by atoms with Crippen molar-refractivity contribution in [2.75, 3.05) is 4.90 Å². The van der Waals surface area contributed by atoms with Crippen molar-refractivity contribution in [3.05, 3.63) is 255 Å². The number of fused-ring (bicyclic) bond motifs is 3. The van der Waals surface area contributed by atoms with Crippen molar-refractivity contribution in [2.45, 2.75) is 0 Å². The Labute approximate surface area is 362 Å². The van der Waals surface area contributed by atoms with E-state index in [1.807, 2.05) is 0 Å². The summed E-state index contributed by atoms with van der Waals surface area (Å²) in [4.78, 5) is 2.41. The van der Waals surface area contributed by atoms with Crippen LogP contribution < -0.4 is 4.90 Å². The van der Waals surface area contributed by atoms with Gasteiger partial charge in [0.1, 0.15) is 0 Å². The molecule has 0 aliphatic carbocycles. The number of rotatable bonds is 9. The Bertz CT molecular complexity index is 3300. The van der Waals surface area contributed by atoms with Gasteiger partial charge < -0.3 is 9.47 Å². The fraction of sp³-hybridized carbons (Fsp3) is 0. The molecule has 0 N–H and O–H groups in total. The van der Waals surface area contributed by atoms with Crippen LogP contribution in [-0.2, 0) is 0 Å². The number of aromatic nitrogens is 1. The van der Waals surface area contributed by atoms with Crippen LogP contribution in [0.3, 0.4) is 0 Å². The first-order chi connectivity index (χ1) is 30.8. The van der Waals surface area contributed by atoms with Crippen LogP contribution in [0.4, 0.5) is 17.1 Å². The molecule has 0 saturated carbocycles. The third-order valence-electron chi connectivity index (χ3n) is 12.0. The van der Waals surface area contributed by atoms with Gasteiger partial charge in [-0.25, -0.2) is 0 Å². The fourth-order valence-electron chi connectivity index (χ4n) is 9.12. The van der Waals surface area contributed by atoms with Crippen LogP contribution in [0.2, 0.25) is 0 Å². The number of nitrogens with zero attached hydrogens (tertiary/aromatic N) is 2. The van der Waals surface area contributed by atoms with E-state index in [1.54, 1.807) is 0 Å². The van der Waals surface area contributed by atoms with Gasteiger partial charge in [-0.05, 0) is 105 Å². The molecule has 0 atom stereocenters. The zero-order chi connectivity index (χ0) is 41.2. The average molecular weight is 791 g/mol. The lowest BCUT2D eigenvalue weighted by atomic mass is 9.94. The molecule has 292 valence electrons. The molecule has 0 saturated heterocycles. The van der Waals surface area contributed by atoms with Crippen LogP contribution in [0.1, 0.15) is 0 Å². The molecule has 0 fully saturated rings. The third kappa shape index (κ3) is 6.74. The fourth-order valence-corrected chi connectivity index (χ4v) is 9.12. The minimum Gasteiger partial charge on any atom is -0.310 e. The molecule has 0 aliphatic rings. The summed E-state index contributed by atoms with van der Waals surface area (Å²) >= 11 is 0. The molecule has 0 aliphatic heterocycles. The number of hydrogen-bond donors (Lipinski definition) is 0. The largest absolute Gasteiger partial charge is 0.310 e. The first kappa shape index (κ1) is 36.8. The van der Waals surface area contributed by atoms with Gasteiger partial charge >= 0.3 is 0 Å². The molecule has 0 radical (unpaired) electrons. The van der Waals surface area contributed by atoms with E-state index in [0.717, 1.165) is 28.3 Å². The molecule has 0 bridgehead atoms. The van der Waals surface area contributed by atoms with Crippen molar-refractivity contribution in [1.29, 1.82) is 0 Å². The van der Waals surface area contributed by atoms with Crippen molar-refractivity contribution in [2.24, 2.45) is 0 Å². The van der Waals surface area contributed by atoms with E-state index in [2.05, 4.69) is 264 Å². The molecule has 0 amide bonds. The molecule has 2 nitrogen and oxygen atoms in total. The van der Waals surface area contributed by atoms with Crippen LogP contribution in [-0.4, -0.2) is 4.57 Å². The summed E-state index contributed by atoms with van der Waals surface area (Å²) < 4.78 is 2.42. The lowest BCUT2D eigenvalue weighted by Gasteiger charge is -2.28. The molecule has 0 unspecified atom stereocenters. The van der Waals surface area contributed by atoms with Gasteiger partial charge in [-0.2, -0.15) is 0 Å². The Balaban J connectivity index is 1.08. The van der Waals surface area contributed by atoms with Crippen molar-refractivity contribution >= 4 is 38.9 Å². The Hall–Kier alpha value is -8.20. The van der Waals surface area contributed by atoms with Gasteiger partial charge in [-0.3, -0.25) is 0 Å². The molecular weight excluding hydrogens is 749 g/mol. The van der Waals surface area contributed by atoms with Crippen LogP contribution in [0.25, 0.3) is 83.1 Å². The minimum atomic E-state index is 1.08. The summed E-state index contributed by atoms with van der Waals surface area (Å²) in [6.45, 7) is 0. The van der Waals surface area contributed by atoms with Gasteiger partial charge in [0.2, 0.25) is 0 Å². The number of benzene rings is 10. The van der Waals surface area contributed by atoms with E-state index in [-0.39, 0.29) is 0 Å². The maximum Gasteiger partial charge on any atom is 0.0547 e. The molecule has 11 rings (SSSR count). The van der Waals surface area contributed by atoms with E-state index in [1.165, 1.54) is 71.9 Å². The highest BCUT2D eigenvalue weighted by Crippen LogP contribution is 2.46. The zero-order valence-electron chi connectivity index (χ0n) is 34.1. The van der Waals surface area contributed by atoms with E-state index < -0.39 is 0 Å². The lowest BCUT2D eigenvalue weighted by Crippen LogP contribution is -2.11. The summed E-state index contributed by atoms with van der Waals surface area (Å²) in [5.74, 6) is 0. The molecule has 1 heterocycles. The second-order valence-electron chi connectivity index (χ2n) is 15.7. The van der Waals surface area contributed by atoms with E-state index in [0.29, 0.717) is 0 Å². The Morgan fingerprint density at radius 3 is 1.24 bits per heavy atom. The first-order valence-electron chi connectivity index (χ1n) is 21.3. The maximum atomic E-state index is 2.42. The molecule has 62 heavy (non-hydrogen) atoms. The highest BCUT2D eigenvalue weighted by atomic mass is 15.1. The molecular formula is C60H42N2. The Kier molecular flexibility index (Phi) is 9.57. The lowest BCUT2D eigenvalue weighted by molar-refractivity contribution is 1.18. The standard InChI is InChI=1S/C60H42N2/c1-5-18-43(19-6-1)44-34-36-45(37-35-44)46-38-40-51(41-39-46)61(56-31-14-13-28-53(56)47-20-7-2-8-21-47)52-27-15-24-49(42-52)55-30-17-33-58-60(55)59-54(48-22-9-3-10-23-48)29-16-32-57(59)62(58)50-25-11-4-12-26-50/h1-42H. The van der Waals surface area contributed by atoms with Crippen LogP contribution in [0.15, 0.2) is 255 Å². The normalized spacial score (nSPS) is 11.2. The van der Waals surface area contributed by atoms with Crippen molar-refractivity contribution in [3.63, 3.8) is 0 Å². The Morgan fingerprint density at radius 1 is 0.258 bits per heavy atom. The molecule has 0 spiro atoms. The quantitative estimate of drug-likeness (QED) is 0.141. The van der Waals surface area contributed by atoms with Gasteiger partial charge in [-0.1, -0.05) is 200 Å². The topological polar surface area (TPSA) is 8.17 Å². The molecule has 1 aromatic heterocycles. The highest BCUT2D eigenvalue weighted by Gasteiger charge is 2.22. The van der Waals surface area contributed by atoms with Crippen molar-refractivity contribution in [3.8, 4) is 61.3 Å². The van der Waals surface area contributed by atoms with Gasteiger partial charge in [-0.15, -0.1) is 0 Å². The maximum absolute atomic E-state index is 2.42. The van der Waals surface area contributed by atoms with Crippen LogP contribution in [0.5, 0.6) is 0 Å². The van der Waals surface area contributed by atoms with Gasteiger partial charge in [0.25, 0.3) is 0 Å². The summed E-state index contributed by atoms with van der Waals surface area (Å²) in [6.07, 6.45) is 0. The SMILES string of the molecule is c1ccc(-c2ccc(-c3ccc(N(c4cccc(-c5cccc6c5c5c(-c7ccccc7)cccc5n6-c5ccccc5)c4)c4ccccc4-c4ccccc4)cc3)cc2)cc1. The third-order valence-corrected chi connectivity index (χ3v) is 12.0. The van der Waals surface area contributed by atoms with Gasteiger partial charge in [0.05, 0.1) is 16.7 Å². The van der Waals surface area contributed by atoms with E-state index in [4.69, 9.17) is 0 Å². The smallest absolute Gasteiger partial charge is 0.0547 e. The monoisotopic (exact) mass is 790 g/mol. The predicted molar refractivity (Wildman–Crippen MR) is 263 cm³/mol. The van der Waals surface area contributed by atoms with Gasteiger partial charge in [0, 0.05) is 33.4 Å². The average Bonchev–Trinajstić information content (AvgIpc) is 3.71. The number of hydrogen-bond acceptors (Lipinski definition) is 1. The van der Waals surface area contributed by atoms with E-state index >= 15 is 0 Å². The minimum absolute atomic E-state index is 1.08. The molecule has 2 heteroatoms. The number of anilines is 3. The molecule has 10 aromatic carbocycles. The summed E-state index contributed by atoms with van der Waals surface area (Å²) in [5, 5.41) is 2.49.